The lowest BCUT2D eigenvalue weighted by Crippen LogP contribution is -2.30. The first kappa shape index (κ1) is 14.9. The van der Waals surface area contributed by atoms with Crippen molar-refractivity contribution in [2.75, 3.05) is 5.32 Å². The molecule has 1 aliphatic rings. The fourth-order valence-corrected chi connectivity index (χ4v) is 2.88. The van der Waals surface area contributed by atoms with Crippen LogP contribution in [0.15, 0.2) is 24.3 Å². The Morgan fingerprint density at radius 3 is 2.15 bits per heavy atom. The lowest BCUT2D eigenvalue weighted by Gasteiger charge is -2.15. The van der Waals surface area contributed by atoms with Crippen molar-refractivity contribution < 1.29 is 4.79 Å². The van der Waals surface area contributed by atoms with Crippen molar-refractivity contribution in [3.63, 3.8) is 0 Å². The first-order valence-corrected chi connectivity index (χ1v) is 7.34. The van der Waals surface area contributed by atoms with Gasteiger partial charge in [-0.2, -0.15) is 0 Å². The molecular formula is C17H26N2O. The van der Waals surface area contributed by atoms with E-state index in [4.69, 9.17) is 0 Å². The summed E-state index contributed by atoms with van der Waals surface area (Å²) in [6.07, 6.45) is 0. The molecule has 1 aliphatic carbocycles. The lowest BCUT2D eigenvalue weighted by atomic mass is 10.0. The molecule has 1 aromatic carbocycles. The zero-order chi connectivity index (χ0) is 15.1. The molecule has 1 aromatic rings. The SMILES string of the molecule is CC(C)Nc1ccccc1C(=O)NC1C(C)(C)C1(C)C. The largest absolute Gasteiger partial charge is 0.382 e. The van der Waals surface area contributed by atoms with Crippen LogP contribution in [0.4, 0.5) is 5.69 Å². The number of nitrogens with one attached hydrogen (secondary N) is 2. The maximum atomic E-state index is 12.5. The zero-order valence-corrected chi connectivity index (χ0v) is 13.4. The fraction of sp³-hybridized carbons (Fsp3) is 0.588. The van der Waals surface area contributed by atoms with E-state index in [1.54, 1.807) is 0 Å². The third kappa shape index (κ3) is 2.41. The van der Waals surface area contributed by atoms with Crippen molar-refractivity contribution in [1.29, 1.82) is 0 Å². The third-order valence-corrected chi connectivity index (χ3v) is 4.91. The Morgan fingerprint density at radius 1 is 1.10 bits per heavy atom. The summed E-state index contributed by atoms with van der Waals surface area (Å²) in [4.78, 5) is 12.5. The van der Waals surface area contributed by atoms with E-state index in [1.165, 1.54) is 0 Å². The number of anilines is 1. The fourth-order valence-electron chi connectivity index (χ4n) is 2.88. The van der Waals surface area contributed by atoms with Gasteiger partial charge in [-0.05, 0) is 36.8 Å². The minimum absolute atomic E-state index is 0.0115. The van der Waals surface area contributed by atoms with E-state index >= 15 is 0 Å². The van der Waals surface area contributed by atoms with E-state index in [0.29, 0.717) is 6.04 Å². The van der Waals surface area contributed by atoms with E-state index in [-0.39, 0.29) is 22.8 Å². The maximum absolute atomic E-state index is 12.5. The summed E-state index contributed by atoms with van der Waals surface area (Å²) >= 11 is 0. The van der Waals surface area contributed by atoms with Gasteiger partial charge in [-0.15, -0.1) is 0 Å². The molecule has 1 fully saturated rings. The van der Waals surface area contributed by atoms with Crippen LogP contribution >= 0.6 is 0 Å². The van der Waals surface area contributed by atoms with Crippen LogP contribution in [0, 0.1) is 10.8 Å². The third-order valence-electron chi connectivity index (χ3n) is 4.91. The summed E-state index contributed by atoms with van der Waals surface area (Å²) in [5.74, 6) is 0.0115. The Bertz CT molecular complexity index is 503. The second kappa shape index (κ2) is 4.80. The number of benzene rings is 1. The van der Waals surface area contributed by atoms with Crippen molar-refractivity contribution in [3.05, 3.63) is 29.8 Å². The Hall–Kier alpha value is -1.51. The molecule has 0 atom stereocenters. The zero-order valence-electron chi connectivity index (χ0n) is 13.4. The van der Waals surface area contributed by atoms with Gasteiger partial charge in [0, 0.05) is 17.8 Å². The highest BCUT2D eigenvalue weighted by atomic mass is 16.1. The second-order valence-electron chi connectivity index (χ2n) is 7.19. The minimum atomic E-state index is 0.0115. The smallest absolute Gasteiger partial charge is 0.253 e. The Balaban J connectivity index is 2.15. The van der Waals surface area contributed by atoms with Gasteiger partial charge in [-0.1, -0.05) is 39.8 Å². The molecule has 0 radical (unpaired) electrons. The van der Waals surface area contributed by atoms with Crippen LogP contribution in [0.25, 0.3) is 0 Å². The molecule has 0 saturated heterocycles. The number of carbonyl (C=O) groups excluding carboxylic acids is 1. The van der Waals surface area contributed by atoms with Crippen molar-refractivity contribution in [1.82, 2.24) is 5.32 Å². The molecule has 1 saturated carbocycles. The van der Waals surface area contributed by atoms with Crippen molar-refractivity contribution in [2.24, 2.45) is 10.8 Å². The van der Waals surface area contributed by atoms with Crippen molar-refractivity contribution in [3.8, 4) is 0 Å². The average Bonchev–Trinajstić information content (AvgIpc) is 2.71. The van der Waals surface area contributed by atoms with Crippen molar-refractivity contribution >= 4 is 11.6 Å². The normalized spacial score (nSPS) is 19.8. The van der Waals surface area contributed by atoms with E-state index in [0.717, 1.165) is 11.3 Å². The summed E-state index contributed by atoms with van der Waals surface area (Å²) in [5.41, 5.74) is 1.93. The first-order chi connectivity index (χ1) is 9.18. The van der Waals surface area contributed by atoms with E-state index in [1.807, 2.05) is 24.3 Å². The first-order valence-electron chi connectivity index (χ1n) is 7.34. The molecule has 2 N–H and O–H groups in total. The van der Waals surface area contributed by atoms with Crippen LogP contribution in [0.1, 0.15) is 51.9 Å². The molecular weight excluding hydrogens is 248 g/mol. The average molecular weight is 274 g/mol. The molecule has 110 valence electrons. The molecule has 0 aliphatic heterocycles. The monoisotopic (exact) mass is 274 g/mol. The summed E-state index contributed by atoms with van der Waals surface area (Å²) in [6, 6.07) is 8.23. The van der Waals surface area contributed by atoms with E-state index < -0.39 is 0 Å². The molecule has 1 amide bonds. The van der Waals surface area contributed by atoms with Crippen LogP contribution in [-0.4, -0.2) is 18.0 Å². The van der Waals surface area contributed by atoms with Gasteiger partial charge in [-0.25, -0.2) is 0 Å². The molecule has 0 heterocycles. The van der Waals surface area contributed by atoms with Gasteiger partial charge >= 0.3 is 0 Å². The molecule has 2 rings (SSSR count). The second-order valence-corrected chi connectivity index (χ2v) is 7.19. The van der Waals surface area contributed by atoms with Crippen LogP contribution in [0.5, 0.6) is 0 Å². The number of hydrogen-bond acceptors (Lipinski definition) is 2. The Kier molecular flexibility index (Phi) is 3.57. The number of rotatable bonds is 4. The van der Waals surface area contributed by atoms with Gasteiger partial charge in [0.2, 0.25) is 0 Å². The van der Waals surface area contributed by atoms with Crippen LogP contribution in [-0.2, 0) is 0 Å². The standard InChI is InChI=1S/C17H26N2O/c1-11(2)18-13-10-8-7-9-12(13)14(20)19-15-16(3,4)17(15,5)6/h7-11,15,18H,1-6H3,(H,19,20). The molecule has 0 aromatic heterocycles. The van der Waals surface area contributed by atoms with Gasteiger partial charge in [0.25, 0.3) is 5.91 Å². The van der Waals surface area contributed by atoms with Gasteiger partial charge in [0.1, 0.15) is 0 Å². The van der Waals surface area contributed by atoms with Gasteiger partial charge in [-0.3, -0.25) is 4.79 Å². The molecule has 3 heteroatoms. The highest BCUT2D eigenvalue weighted by Gasteiger charge is 2.65. The predicted octanol–water partition coefficient (Wildman–Crippen LogP) is 3.67. The van der Waals surface area contributed by atoms with Crippen LogP contribution in [0.3, 0.4) is 0 Å². The highest BCUT2D eigenvalue weighted by Crippen LogP contribution is 2.62. The van der Waals surface area contributed by atoms with Gasteiger partial charge in [0.05, 0.1) is 5.56 Å². The molecule has 3 nitrogen and oxygen atoms in total. The molecule has 0 spiro atoms. The topological polar surface area (TPSA) is 41.1 Å². The number of hydrogen-bond donors (Lipinski definition) is 2. The number of amides is 1. The van der Waals surface area contributed by atoms with Crippen LogP contribution in [0.2, 0.25) is 0 Å². The van der Waals surface area contributed by atoms with Gasteiger partial charge in [0.15, 0.2) is 0 Å². The van der Waals surface area contributed by atoms with E-state index in [2.05, 4.69) is 52.2 Å². The molecule has 0 unspecified atom stereocenters. The molecule has 0 bridgehead atoms. The summed E-state index contributed by atoms with van der Waals surface area (Å²) in [5, 5.41) is 6.51. The van der Waals surface area contributed by atoms with Gasteiger partial charge < -0.3 is 10.6 Å². The Morgan fingerprint density at radius 2 is 1.65 bits per heavy atom. The van der Waals surface area contributed by atoms with Crippen molar-refractivity contribution in [2.45, 2.75) is 53.6 Å². The number of carbonyl (C=O) groups is 1. The lowest BCUT2D eigenvalue weighted by molar-refractivity contribution is 0.0944. The van der Waals surface area contributed by atoms with E-state index in [9.17, 15) is 4.79 Å². The Labute approximate surface area is 122 Å². The predicted molar refractivity (Wildman–Crippen MR) is 84.0 cm³/mol. The highest BCUT2D eigenvalue weighted by molar-refractivity contribution is 6.00. The summed E-state index contributed by atoms with van der Waals surface area (Å²) in [6.45, 7) is 13.0. The van der Waals surface area contributed by atoms with Crippen LogP contribution < -0.4 is 10.6 Å². The minimum Gasteiger partial charge on any atom is -0.382 e. The summed E-state index contributed by atoms with van der Waals surface area (Å²) in [7, 11) is 0. The summed E-state index contributed by atoms with van der Waals surface area (Å²) < 4.78 is 0. The molecule has 20 heavy (non-hydrogen) atoms. The number of para-hydroxylation sites is 1. The quantitative estimate of drug-likeness (QED) is 0.879. The maximum Gasteiger partial charge on any atom is 0.253 e.